The number of carboxylic acids is 2. The summed E-state index contributed by atoms with van der Waals surface area (Å²) in [5.74, 6) is -2.84. The molecule has 0 aromatic heterocycles. The molecule has 0 saturated heterocycles. The molecular weight excluding hydrogens is 286 g/mol. The number of carboxylic acid groups (broad SMARTS) is 2. The van der Waals surface area contributed by atoms with Crippen molar-refractivity contribution in [1.82, 2.24) is 5.32 Å². The molecule has 0 unspecified atom stereocenters. The van der Waals surface area contributed by atoms with Crippen LogP contribution in [0.25, 0.3) is 0 Å². The van der Waals surface area contributed by atoms with Gasteiger partial charge in [-0.2, -0.15) is 0 Å². The van der Waals surface area contributed by atoms with E-state index in [9.17, 15) is 14.4 Å². The third-order valence-corrected chi connectivity index (χ3v) is 2.81. The van der Waals surface area contributed by atoms with Crippen LogP contribution < -0.4 is 5.32 Å². The molecular formula is C13H14ClNO5. The molecule has 1 rings (SSSR count). The Labute approximate surface area is 120 Å². The van der Waals surface area contributed by atoms with E-state index >= 15 is 0 Å². The lowest BCUT2D eigenvalue weighted by molar-refractivity contribution is -0.143. The van der Waals surface area contributed by atoms with Crippen LogP contribution in [0.1, 0.15) is 18.4 Å². The predicted octanol–water partition coefficient (Wildman–Crippen LogP) is 1.32. The number of rotatable bonds is 7. The Bertz CT molecular complexity index is 500. The van der Waals surface area contributed by atoms with E-state index in [0.29, 0.717) is 10.6 Å². The molecule has 7 heteroatoms. The number of amides is 1. The van der Waals surface area contributed by atoms with Crippen molar-refractivity contribution < 1.29 is 24.6 Å². The van der Waals surface area contributed by atoms with E-state index in [2.05, 4.69) is 5.32 Å². The molecule has 0 aliphatic rings. The predicted molar refractivity (Wildman–Crippen MR) is 71.6 cm³/mol. The van der Waals surface area contributed by atoms with E-state index in [1.165, 1.54) is 0 Å². The molecule has 20 heavy (non-hydrogen) atoms. The summed E-state index contributed by atoms with van der Waals surface area (Å²) >= 11 is 5.71. The average molecular weight is 300 g/mol. The van der Waals surface area contributed by atoms with E-state index in [0.717, 1.165) is 0 Å². The molecule has 108 valence electrons. The first-order valence-corrected chi connectivity index (χ1v) is 6.24. The molecule has 1 amide bonds. The second-order valence-electron chi connectivity index (χ2n) is 4.19. The van der Waals surface area contributed by atoms with E-state index in [4.69, 9.17) is 21.8 Å². The van der Waals surface area contributed by atoms with Gasteiger partial charge in [0.2, 0.25) is 5.91 Å². The number of aliphatic carboxylic acids is 2. The van der Waals surface area contributed by atoms with Crippen molar-refractivity contribution in [1.29, 1.82) is 0 Å². The van der Waals surface area contributed by atoms with Crippen molar-refractivity contribution in [2.24, 2.45) is 0 Å². The monoisotopic (exact) mass is 299 g/mol. The Balaban J connectivity index is 2.55. The normalized spacial score (nSPS) is 11.7. The van der Waals surface area contributed by atoms with Crippen molar-refractivity contribution in [3.8, 4) is 0 Å². The molecule has 0 spiro atoms. The van der Waals surface area contributed by atoms with Gasteiger partial charge in [0, 0.05) is 11.4 Å². The highest BCUT2D eigenvalue weighted by molar-refractivity contribution is 6.30. The van der Waals surface area contributed by atoms with Gasteiger partial charge in [-0.15, -0.1) is 0 Å². The molecule has 1 aromatic carbocycles. The van der Waals surface area contributed by atoms with Crippen LogP contribution in [0.5, 0.6) is 0 Å². The lowest BCUT2D eigenvalue weighted by Gasteiger charge is -2.13. The van der Waals surface area contributed by atoms with Crippen molar-refractivity contribution in [2.45, 2.75) is 25.3 Å². The standard InChI is InChI=1S/C13H14ClNO5/c14-9-3-1-8(2-4-9)7-11(16)15-10(13(19)20)5-6-12(17)18/h1-4,10H,5-7H2,(H,15,16)(H,17,18)(H,19,20)/t10-/m0/s1. The molecule has 0 aliphatic heterocycles. The first kappa shape index (κ1) is 16.0. The van der Waals surface area contributed by atoms with Crippen molar-refractivity contribution in [2.75, 3.05) is 0 Å². The second kappa shape index (κ2) is 7.49. The Morgan fingerprint density at radius 3 is 2.25 bits per heavy atom. The highest BCUT2D eigenvalue weighted by Gasteiger charge is 2.20. The first-order valence-electron chi connectivity index (χ1n) is 5.87. The van der Waals surface area contributed by atoms with Gasteiger partial charge in [0.15, 0.2) is 0 Å². The minimum absolute atomic E-state index is 0.00796. The maximum atomic E-state index is 11.7. The summed E-state index contributed by atoms with van der Waals surface area (Å²) in [6.45, 7) is 0. The maximum Gasteiger partial charge on any atom is 0.326 e. The summed E-state index contributed by atoms with van der Waals surface area (Å²) in [5.41, 5.74) is 0.689. The van der Waals surface area contributed by atoms with Crippen molar-refractivity contribution in [3.63, 3.8) is 0 Å². The second-order valence-corrected chi connectivity index (χ2v) is 4.63. The van der Waals surface area contributed by atoms with Gasteiger partial charge in [-0.3, -0.25) is 9.59 Å². The third-order valence-electron chi connectivity index (χ3n) is 2.56. The van der Waals surface area contributed by atoms with Gasteiger partial charge in [-0.1, -0.05) is 23.7 Å². The zero-order valence-electron chi connectivity index (χ0n) is 10.5. The lowest BCUT2D eigenvalue weighted by atomic mass is 10.1. The fourth-order valence-corrected chi connectivity index (χ4v) is 1.68. The minimum atomic E-state index is -1.25. The van der Waals surface area contributed by atoms with Crippen LogP contribution in [-0.2, 0) is 20.8 Å². The molecule has 0 radical (unpaired) electrons. The van der Waals surface area contributed by atoms with Crippen LogP contribution >= 0.6 is 11.6 Å². The molecule has 0 aliphatic carbocycles. The summed E-state index contributed by atoms with van der Waals surface area (Å²) in [5, 5.41) is 20.3. The summed E-state index contributed by atoms with van der Waals surface area (Å²) in [6, 6.07) is 5.38. The van der Waals surface area contributed by atoms with E-state index in [1.54, 1.807) is 24.3 Å². The highest BCUT2D eigenvalue weighted by atomic mass is 35.5. The fraction of sp³-hybridized carbons (Fsp3) is 0.308. The lowest BCUT2D eigenvalue weighted by Crippen LogP contribution is -2.41. The van der Waals surface area contributed by atoms with Gasteiger partial charge in [-0.05, 0) is 24.1 Å². The van der Waals surface area contributed by atoms with E-state index in [-0.39, 0.29) is 19.3 Å². The molecule has 0 bridgehead atoms. The van der Waals surface area contributed by atoms with Gasteiger partial charge < -0.3 is 15.5 Å². The van der Waals surface area contributed by atoms with Crippen LogP contribution in [0.2, 0.25) is 5.02 Å². The van der Waals surface area contributed by atoms with Gasteiger partial charge in [0.1, 0.15) is 6.04 Å². The van der Waals surface area contributed by atoms with E-state index in [1.807, 2.05) is 0 Å². The average Bonchev–Trinajstić information content (AvgIpc) is 2.36. The SMILES string of the molecule is O=C(O)CC[C@H](NC(=O)Cc1ccc(Cl)cc1)C(=O)O. The number of nitrogens with one attached hydrogen (secondary N) is 1. The first-order chi connectivity index (χ1) is 9.38. The number of halogens is 1. The Kier molecular flexibility index (Phi) is 5.99. The van der Waals surface area contributed by atoms with E-state index < -0.39 is 23.9 Å². The van der Waals surface area contributed by atoms with Crippen LogP contribution in [0.3, 0.4) is 0 Å². The Morgan fingerprint density at radius 1 is 1.15 bits per heavy atom. The largest absolute Gasteiger partial charge is 0.481 e. The Hall–Kier alpha value is -2.08. The molecule has 0 heterocycles. The van der Waals surface area contributed by atoms with Crippen LogP contribution in [0.15, 0.2) is 24.3 Å². The highest BCUT2D eigenvalue weighted by Crippen LogP contribution is 2.10. The smallest absolute Gasteiger partial charge is 0.326 e. The van der Waals surface area contributed by atoms with Crippen molar-refractivity contribution >= 4 is 29.4 Å². The van der Waals surface area contributed by atoms with Gasteiger partial charge in [0.25, 0.3) is 0 Å². The van der Waals surface area contributed by atoms with Crippen LogP contribution in [0, 0.1) is 0 Å². The molecule has 1 atom stereocenters. The zero-order chi connectivity index (χ0) is 15.1. The third kappa shape index (κ3) is 5.71. The molecule has 0 fully saturated rings. The summed E-state index contributed by atoms with van der Waals surface area (Å²) in [7, 11) is 0. The summed E-state index contributed by atoms with van der Waals surface area (Å²) in [4.78, 5) is 33.0. The van der Waals surface area contributed by atoms with Gasteiger partial charge in [-0.25, -0.2) is 4.79 Å². The summed E-state index contributed by atoms with van der Waals surface area (Å²) < 4.78 is 0. The fourth-order valence-electron chi connectivity index (χ4n) is 1.56. The molecule has 6 nitrogen and oxygen atoms in total. The van der Waals surface area contributed by atoms with Gasteiger partial charge in [0.05, 0.1) is 6.42 Å². The molecule has 0 saturated carbocycles. The topological polar surface area (TPSA) is 104 Å². The molecule has 1 aromatic rings. The summed E-state index contributed by atoms with van der Waals surface area (Å²) in [6.07, 6.45) is -0.469. The van der Waals surface area contributed by atoms with Crippen molar-refractivity contribution in [3.05, 3.63) is 34.9 Å². The Morgan fingerprint density at radius 2 is 1.75 bits per heavy atom. The van der Waals surface area contributed by atoms with Crippen LogP contribution in [0.4, 0.5) is 0 Å². The number of carbonyl (C=O) groups excluding carboxylic acids is 1. The van der Waals surface area contributed by atoms with Crippen LogP contribution in [-0.4, -0.2) is 34.1 Å². The van der Waals surface area contributed by atoms with Gasteiger partial charge >= 0.3 is 11.9 Å². The minimum Gasteiger partial charge on any atom is -0.481 e. The zero-order valence-corrected chi connectivity index (χ0v) is 11.3. The quantitative estimate of drug-likeness (QED) is 0.704. The molecule has 3 N–H and O–H groups in total. The number of carbonyl (C=O) groups is 3. The maximum absolute atomic E-state index is 11.7. The number of hydrogen-bond donors (Lipinski definition) is 3. The number of benzene rings is 1. The number of hydrogen-bond acceptors (Lipinski definition) is 3.